The van der Waals surface area contributed by atoms with Crippen LogP contribution in [-0.4, -0.2) is 51.5 Å². The molecular formula is C18H20Cl2N4O2S2. The van der Waals surface area contributed by atoms with E-state index >= 15 is 0 Å². The summed E-state index contributed by atoms with van der Waals surface area (Å²) in [6.07, 6.45) is 0. The van der Waals surface area contributed by atoms with E-state index in [2.05, 4.69) is 26.6 Å². The number of pyridine rings is 1. The molecule has 3 aromatic rings. The fourth-order valence-electron chi connectivity index (χ4n) is 3.12. The predicted octanol–water partition coefficient (Wildman–Crippen LogP) is 3.92. The number of aromatic nitrogens is 1. The number of sulfonamides is 1. The molecule has 1 aliphatic heterocycles. The van der Waals surface area contributed by atoms with Crippen molar-refractivity contribution in [1.29, 1.82) is 0 Å². The maximum Gasteiger partial charge on any atom is 0.272 e. The fraction of sp³-hybridized carbons (Fsp3) is 0.278. The first-order valence-electron chi connectivity index (χ1n) is 8.54. The highest BCUT2D eigenvalue weighted by Crippen LogP contribution is 2.31. The topological polar surface area (TPSA) is 65.5 Å². The van der Waals surface area contributed by atoms with Gasteiger partial charge in [-0.3, -0.25) is 4.72 Å². The molecule has 0 aliphatic carbocycles. The van der Waals surface area contributed by atoms with Crippen LogP contribution >= 0.6 is 35.3 Å². The summed E-state index contributed by atoms with van der Waals surface area (Å²) in [5.74, 6) is 1.12. The number of nitrogens with zero attached hydrogens (tertiary/aromatic N) is 3. The molecule has 0 radical (unpaired) electrons. The number of fused-ring (bicyclic) bond motifs is 1. The lowest BCUT2D eigenvalue weighted by Crippen LogP contribution is -2.45. The molecule has 0 bridgehead atoms. The fourth-order valence-corrected chi connectivity index (χ4v) is 5.60. The third kappa shape index (κ3) is 4.36. The zero-order valence-corrected chi connectivity index (χ0v) is 18.3. The number of likely N-dealkylation sites (N-methyl/N-ethyl adjacent to an activating group) is 1. The van der Waals surface area contributed by atoms with Crippen LogP contribution in [0.1, 0.15) is 0 Å². The second-order valence-corrected chi connectivity index (χ2v) is 10.1. The van der Waals surface area contributed by atoms with Gasteiger partial charge in [0.15, 0.2) is 0 Å². The number of anilines is 2. The lowest BCUT2D eigenvalue weighted by atomic mass is 10.1. The minimum atomic E-state index is -3.72. The number of thiophene rings is 1. The molecule has 0 spiro atoms. The largest absolute Gasteiger partial charge is 0.353 e. The molecule has 0 unspecified atom stereocenters. The van der Waals surface area contributed by atoms with Crippen LogP contribution in [0.3, 0.4) is 0 Å². The van der Waals surface area contributed by atoms with E-state index in [1.807, 2.05) is 24.3 Å². The molecular weight excluding hydrogens is 439 g/mol. The third-order valence-corrected chi connectivity index (χ3v) is 7.65. The van der Waals surface area contributed by atoms with Crippen molar-refractivity contribution in [2.45, 2.75) is 4.21 Å². The van der Waals surface area contributed by atoms with E-state index in [-0.39, 0.29) is 16.6 Å². The number of hydrogen-bond donors (Lipinski definition) is 1. The molecule has 0 amide bonds. The number of rotatable bonds is 4. The van der Waals surface area contributed by atoms with Gasteiger partial charge in [0, 0.05) is 31.6 Å². The Kier molecular flexibility index (Phi) is 6.36. The van der Waals surface area contributed by atoms with E-state index in [9.17, 15) is 8.42 Å². The van der Waals surface area contributed by atoms with Gasteiger partial charge in [0.1, 0.15) is 15.8 Å². The molecule has 3 heterocycles. The predicted molar refractivity (Wildman–Crippen MR) is 119 cm³/mol. The second-order valence-electron chi connectivity index (χ2n) is 6.51. The maximum atomic E-state index is 12.7. The molecule has 10 heteroatoms. The molecule has 6 nitrogen and oxygen atoms in total. The van der Waals surface area contributed by atoms with Crippen LogP contribution in [0.25, 0.3) is 10.8 Å². The van der Waals surface area contributed by atoms with Crippen molar-refractivity contribution < 1.29 is 8.42 Å². The van der Waals surface area contributed by atoms with Crippen LogP contribution < -0.4 is 9.62 Å². The highest BCUT2D eigenvalue weighted by atomic mass is 35.5. The van der Waals surface area contributed by atoms with E-state index in [0.717, 1.165) is 54.1 Å². The third-order valence-electron chi connectivity index (χ3n) is 4.58. The summed E-state index contributed by atoms with van der Waals surface area (Å²) in [7, 11) is -1.63. The van der Waals surface area contributed by atoms with Crippen LogP contribution in [0.2, 0.25) is 4.34 Å². The monoisotopic (exact) mass is 458 g/mol. The summed E-state index contributed by atoms with van der Waals surface area (Å²) >= 11 is 6.91. The van der Waals surface area contributed by atoms with Crippen molar-refractivity contribution in [3.05, 3.63) is 46.8 Å². The standard InChI is InChI=1S/C18H19ClN4O2S2.ClH/c1-22-8-10-23(11-9-22)18-14-5-3-2-4-13(14)12-16(20-18)21-27(24,25)17-7-6-15(19)26-17;/h2-7,12H,8-11H2,1H3,(H,20,21);1H. The molecule has 1 saturated heterocycles. The van der Waals surface area contributed by atoms with Crippen molar-refractivity contribution in [2.75, 3.05) is 42.8 Å². The Hall–Kier alpha value is -1.58. The molecule has 150 valence electrons. The normalized spacial score (nSPS) is 15.4. The summed E-state index contributed by atoms with van der Waals surface area (Å²) in [5, 5.41) is 1.97. The van der Waals surface area contributed by atoms with Crippen molar-refractivity contribution in [3.8, 4) is 0 Å². The van der Waals surface area contributed by atoms with Crippen LogP contribution in [0.5, 0.6) is 0 Å². The number of benzene rings is 1. The average Bonchev–Trinajstić information content (AvgIpc) is 3.09. The van der Waals surface area contributed by atoms with Gasteiger partial charge in [0.05, 0.1) is 4.34 Å². The highest BCUT2D eigenvalue weighted by molar-refractivity contribution is 7.94. The molecule has 4 rings (SSSR count). The number of piperazine rings is 1. The minimum Gasteiger partial charge on any atom is -0.353 e. The zero-order valence-electron chi connectivity index (χ0n) is 15.1. The van der Waals surface area contributed by atoms with E-state index in [4.69, 9.17) is 11.6 Å². The summed E-state index contributed by atoms with van der Waals surface area (Å²) in [6, 6.07) is 12.7. The average molecular weight is 459 g/mol. The number of nitrogens with one attached hydrogen (secondary N) is 1. The second kappa shape index (κ2) is 8.42. The van der Waals surface area contributed by atoms with Crippen LogP contribution in [0.15, 0.2) is 46.7 Å². The first-order chi connectivity index (χ1) is 12.9. The zero-order chi connectivity index (χ0) is 19.0. The summed E-state index contributed by atoms with van der Waals surface area (Å²) < 4.78 is 28.5. The van der Waals surface area contributed by atoms with E-state index in [0.29, 0.717) is 10.2 Å². The Labute approximate surface area is 179 Å². The molecule has 28 heavy (non-hydrogen) atoms. The highest BCUT2D eigenvalue weighted by Gasteiger charge is 2.21. The van der Waals surface area contributed by atoms with Gasteiger partial charge in [-0.15, -0.1) is 23.7 Å². The van der Waals surface area contributed by atoms with Gasteiger partial charge in [-0.25, -0.2) is 13.4 Å². The molecule has 1 N–H and O–H groups in total. The SMILES string of the molecule is CN1CCN(c2nc(NS(=O)(=O)c3ccc(Cl)s3)cc3ccccc23)CC1.Cl. The summed E-state index contributed by atoms with van der Waals surface area (Å²) in [4.78, 5) is 9.14. The summed E-state index contributed by atoms with van der Waals surface area (Å²) in [5.41, 5.74) is 0. The molecule has 0 saturated carbocycles. The van der Waals surface area contributed by atoms with Gasteiger partial charge in [0.25, 0.3) is 10.0 Å². The Morgan fingerprint density at radius 2 is 1.82 bits per heavy atom. The molecule has 2 aromatic heterocycles. The van der Waals surface area contributed by atoms with Crippen LogP contribution in [-0.2, 0) is 10.0 Å². The molecule has 1 fully saturated rings. The Morgan fingerprint density at radius 3 is 2.50 bits per heavy atom. The lowest BCUT2D eigenvalue weighted by Gasteiger charge is -2.34. The molecule has 0 atom stereocenters. The first-order valence-corrected chi connectivity index (χ1v) is 11.2. The number of hydrogen-bond acceptors (Lipinski definition) is 6. The van der Waals surface area contributed by atoms with Gasteiger partial charge < -0.3 is 9.80 Å². The Morgan fingerprint density at radius 1 is 1.11 bits per heavy atom. The Balaban J connectivity index is 0.00000225. The van der Waals surface area contributed by atoms with Crippen molar-refractivity contribution in [1.82, 2.24) is 9.88 Å². The van der Waals surface area contributed by atoms with Gasteiger partial charge in [-0.2, -0.15) is 0 Å². The summed E-state index contributed by atoms with van der Waals surface area (Å²) in [6.45, 7) is 3.59. The van der Waals surface area contributed by atoms with Crippen LogP contribution in [0.4, 0.5) is 11.6 Å². The number of halogens is 2. The van der Waals surface area contributed by atoms with Gasteiger partial charge in [-0.1, -0.05) is 35.9 Å². The quantitative estimate of drug-likeness (QED) is 0.641. The Bertz CT molecular complexity index is 1080. The van der Waals surface area contributed by atoms with Gasteiger partial charge in [-0.05, 0) is 30.6 Å². The van der Waals surface area contributed by atoms with E-state index in [1.54, 1.807) is 12.1 Å². The van der Waals surface area contributed by atoms with E-state index < -0.39 is 10.0 Å². The lowest BCUT2D eigenvalue weighted by molar-refractivity contribution is 0.312. The van der Waals surface area contributed by atoms with E-state index in [1.165, 1.54) is 6.07 Å². The smallest absolute Gasteiger partial charge is 0.272 e. The minimum absolute atomic E-state index is 0. The molecule has 1 aliphatic rings. The van der Waals surface area contributed by atoms with Crippen molar-refractivity contribution in [3.63, 3.8) is 0 Å². The first kappa shape index (κ1) is 21.1. The molecule has 1 aromatic carbocycles. The van der Waals surface area contributed by atoms with Crippen LogP contribution in [0, 0.1) is 0 Å². The maximum absolute atomic E-state index is 12.7. The van der Waals surface area contributed by atoms with Gasteiger partial charge in [0.2, 0.25) is 0 Å². The van der Waals surface area contributed by atoms with Crippen molar-refractivity contribution in [2.24, 2.45) is 0 Å². The van der Waals surface area contributed by atoms with Crippen molar-refractivity contribution >= 4 is 67.8 Å². The van der Waals surface area contributed by atoms with Gasteiger partial charge >= 0.3 is 0 Å².